The second-order valence-corrected chi connectivity index (χ2v) is 4.68. The summed E-state index contributed by atoms with van der Waals surface area (Å²) >= 11 is 3.28. The quantitative estimate of drug-likeness (QED) is 0.936. The molecule has 0 radical (unpaired) electrons. The van der Waals surface area contributed by atoms with Crippen molar-refractivity contribution in [2.24, 2.45) is 5.73 Å². The van der Waals surface area contributed by atoms with Crippen LogP contribution in [0.1, 0.15) is 11.1 Å². The van der Waals surface area contributed by atoms with E-state index in [1.165, 1.54) is 0 Å². The van der Waals surface area contributed by atoms with Crippen LogP contribution in [0.5, 0.6) is 5.75 Å². The van der Waals surface area contributed by atoms with Gasteiger partial charge in [-0.15, -0.1) is 0 Å². The van der Waals surface area contributed by atoms with Gasteiger partial charge in [-0.2, -0.15) is 0 Å². The number of hydrogen-bond acceptors (Lipinski definition) is 2. The molecule has 0 fully saturated rings. The van der Waals surface area contributed by atoms with Crippen LogP contribution in [0, 0.1) is 5.82 Å². The van der Waals surface area contributed by atoms with Gasteiger partial charge in [-0.05, 0) is 27.6 Å². The van der Waals surface area contributed by atoms with Crippen molar-refractivity contribution in [3.8, 4) is 5.75 Å². The molecule has 4 heteroatoms. The Morgan fingerprint density at radius 2 is 1.83 bits per heavy atom. The molecule has 2 nitrogen and oxygen atoms in total. The maximum absolute atomic E-state index is 14.0. The van der Waals surface area contributed by atoms with E-state index in [9.17, 15) is 4.39 Å². The molecule has 0 spiro atoms. The third kappa shape index (κ3) is 2.89. The van der Waals surface area contributed by atoms with Crippen LogP contribution in [-0.2, 0) is 13.2 Å². The van der Waals surface area contributed by atoms with Gasteiger partial charge < -0.3 is 10.5 Å². The average Bonchev–Trinajstić information content (AvgIpc) is 2.40. The number of rotatable bonds is 4. The summed E-state index contributed by atoms with van der Waals surface area (Å²) in [4.78, 5) is 0. The average molecular weight is 310 g/mol. The smallest absolute Gasteiger partial charge is 0.170 e. The summed E-state index contributed by atoms with van der Waals surface area (Å²) in [6, 6.07) is 13.0. The molecule has 0 bridgehead atoms. The lowest BCUT2D eigenvalue weighted by molar-refractivity contribution is 0.287. The second-order valence-electron chi connectivity index (χ2n) is 3.83. The van der Waals surface area contributed by atoms with E-state index in [0.717, 1.165) is 5.56 Å². The van der Waals surface area contributed by atoms with Crippen molar-refractivity contribution in [1.29, 1.82) is 0 Å². The molecule has 18 heavy (non-hydrogen) atoms. The number of nitrogens with two attached hydrogens (primary N) is 1. The number of halogens is 2. The van der Waals surface area contributed by atoms with E-state index in [-0.39, 0.29) is 12.3 Å². The maximum Gasteiger partial charge on any atom is 0.170 e. The van der Waals surface area contributed by atoms with Gasteiger partial charge in [0.2, 0.25) is 0 Å². The fourth-order valence-corrected chi connectivity index (χ4v) is 2.01. The van der Waals surface area contributed by atoms with Crippen molar-refractivity contribution >= 4 is 15.9 Å². The molecule has 2 aromatic carbocycles. The zero-order valence-electron chi connectivity index (χ0n) is 9.70. The molecule has 0 saturated carbocycles. The van der Waals surface area contributed by atoms with Gasteiger partial charge in [-0.25, -0.2) is 4.39 Å². The maximum atomic E-state index is 14.0. The van der Waals surface area contributed by atoms with Crippen molar-refractivity contribution in [2.45, 2.75) is 13.2 Å². The van der Waals surface area contributed by atoms with E-state index in [2.05, 4.69) is 15.9 Å². The molecule has 0 amide bonds. The first kappa shape index (κ1) is 13.1. The molecular weight excluding hydrogens is 297 g/mol. The van der Waals surface area contributed by atoms with Crippen LogP contribution in [0.4, 0.5) is 4.39 Å². The van der Waals surface area contributed by atoms with Gasteiger partial charge in [0.15, 0.2) is 11.6 Å². The van der Waals surface area contributed by atoms with Crippen molar-refractivity contribution in [3.63, 3.8) is 0 Å². The molecule has 0 aliphatic heterocycles. The lowest BCUT2D eigenvalue weighted by Gasteiger charge is -2.11. The summed E-state index contributed by atoms with van der Waals surface area (Å²) in [6.45, 7) is 0.477. The molecule has 0 heterocycles. The predicted octanol–water partition coefficient (Wildman–Crippen LogP) is 3.63. The van der Waals surface area contributed by atoms with Crippen LogP contribution in [0.15, 0.2) is 46.9 Å². The van der Waals surface area contributed by atoms with Gasteiger partial charge in [-0.3, -0.25) is 0 Å². The van der Waals surface area contributed by atoms with Crippen molar-refractivity contribution < 1.29 is 9.13 Å². The molecule has 0 saturated heterocycles. The summed E-state index contributed by atoms with van der Waals surface area (Å²) < 4.78 is 20.1. The van der Waals surface area contributed by atoms with Crippen molar-refractivity contribution in [2.75, 3.05) is 0 Å². The molecule has 2 N–H and O–H groups in total. The highest BCUT2D eigenvalue weighted by Crippen LogP contribution is 2.30. The Bertz CT molecular complexity index is 531. The number of ether oxygens (including phenoxy) is 1. The van der Waals surface area contributed by atoms with Crippen LogP contribution in [0.3, 0.4) is 0 Å². The van der Waals surface area contributed by atoms with Gasteiger partial charge >= 0.3 is 0 Å². The van der Waals surface area contributed by atoms with Crippen molar-refractivity contribution in [1.82, 2.24) is 0 Å². The van der Waals surface area contributed by atoms with Crippen LogP contribution < -0.4 is 10.5 Å². The van der Waals surface area contributed by atoms with E-state index < -0.39 is 5.82 Å². The molecule has 2 aromatic rings. The molecule has 0 aromatic heterocycles. The lowest BCUT2D eigenvalue weighted by atomic mass is 10.2. The molecule has 0 aliphatic carbocycles. The molecule has 2 rings (SSSR count). The fraction of sp³-hybridized carbons (Fsp3) is 0.143. The number of benzene rings is 2. The van der Waals surface area contributed by atoms with Crippen LogP contribution in [0.25, 0.3) is 0 Å². The normalized spacial score (nSPS) is 10.4. The minimum atomic E-state index is -0.400. The highest BCUT2D eigenvalue weighted by Gasteiger charge is 2.12. The van der Waals surface area contributed by atoms with Gasteiger partial charge in [-0.1, -0.05) is 36.4 Å². The molecule has 0 atom stereocenters. The van der Waals surface area contributed by atoms with Gasteiger partial charge in [0.1, 0.15) is 6.61 Å². The summed E-state index contributed by atoms with van der Waals surface area (Å²) in [5.74, 6) is -0.190. The van der Waals surface area contributed by atoms with E-state index in [0.29, 0.717) is 16.6 Å². The Kier molecular flexibility index (Phi) is 4.33. The largest absolute Gasteiger partial charge is 0.485 e. The third-order valence-electron chi connectivity index (χ3n) is 2.57. The zero-order valence-corrected chi connectivity index (χ0v) is 11.3. The highest BCUT2D eigenvalue weighted by atomic mass is 79.9. The fourth-order valence-electron chi connectivity index (χ4n) is 1.59. The zero-order chi connectivity index (χ0) is 13.0. The van der Waals surface area contributed by atoms with Crippen molar-refractivity contribution in [3.05, 3.63) is 63.9 Å². The van der Waals surface area contributed by atoms with Crippen LogP contribution >= 0.6 is 15.9 Å². The van der Waals surface area contributed by atoms with Gasteiger partial charge in [0, 0.05) is 12.1 Å². The Morgan fingerprint density at radius 1 is 1.11 bits per heavy atom. The Hall–Kier alpha value is -1.39. The Morgan fingerprint density at radius 3 is 2.50 bits per heavy atom. The minimum Gasteiger partial charge on any atom is -0.485 e. The van der Waals surface area contributed by atoms with E-state index in [4.69, 9.17) is 10.5 Å². The molecule has 94 valence electrons. The summed E-state index contributed by atoms with van der Waals surface area (Å²) in [5, 5.41) is 0. The highest BCUT2D eigenvalue weighted by molar-refractivity contribution is 9.10. The SMILES string of the molecule is NCc1ccc(Br)c(OCc2ccccc2)c1F. The molecule has 0 aliphatic rings. The van der Waals surface area contributed by atoms with E-state index >= 15 is 0 Å². The molecule has 0 unspecified atom stereocenters. The monoisotopic (exact) mass is 309 g/mol. The predicted molar refractivity (Wildman–Crippen MR) is 72.8 cm³/mol. The van der Waals surface area contributed by atoms with E-state index in [1.807, 2.05) is 30.3 Å². The minimum absolute atomic E-state index is 0.154. The van der Waals surface area contributed by atoms with Crippen LogP contribution in [0.2, 0.25) is 0 Å². The number of hydrogen-bond donors (Lipinski definition) is 1. The van der Waals surface area contributed by atoms with E-state index in [1.54, 1.807) is 12.1 Å². The topological polar surface area (TPSA) is 35.2 Å². The lowest BCUT2D eigenvalue weighted by Crippen LogP contribution is -2.04. The Balaban J connectivity index is 2.19. The second kappa shape index (κ2) is 5.98. The third-order valence-corrected chi connectivity index (χ3v) is 3.20. The first-order valence-corrected chi connectivity index (χ1v) is 6.35. The van der Waals surface area contributed by atoms with Gasteiger partial charge in [0.25, 0.3) is 0 Å². The summed E-state index contributed by atoms with van der Waals surface area (Å²) in [6.07, 6.45) is 0. The first-order valence-electron chi connectivity index (χ1n) is 5.56. The summed E-state index contributed by atoms with van der Waals surface area (Å²) in [7, 11) is 0. The van der Waals surface area contributed by atoms with Crippen LogP contribution in [-0.4, -0.2) is 0 Å². The Labute approximate surface area is 114 Å². The summed E-state index contributed by atoms with van der Waals surface area (Å²) in [5.41, 5.74) is 6.90. The first-order chi connectivity index (χ1) is 8.72. The molecular formula is C14H13BrFNO. The standard InChI is InChI=1S/C14H13BrFNO/c15-12-7-6-11(8-17)13(16)14(12)18-9-10-4-2-1-3-5-10/h1-7H,8-9,17H2. The van der Waals surface area contributed by atoms with Gasteiger partial charge in [0.05, 0.1) is 4.47 Å².